The Bertz CT molecular complexity index is 791. The molecule has 4 N–H and O–H groups in total. The van der Waals surface area contributed by atoms with E-state index in [1.807, 2.05) is 39.0 Å². The summed E-state index contributed by atoms with van der Waals surface area (Å²) in [6, 6.07) is 14.4. The van der Waals surface area contributed by atoms with Crippen LogP contribution >= 0.6 is 23.2 Å². The van der Waals surface area contributed by atoms with Crippen molar-refractivity contribution in [2.75, 3.05) is 18.5 Å². The average molecular weight is 456 g/mol. The van der Waals surface area contributed by atoms with Crippen molar-refractivity contribution in [2.45, 2.75) is 32.8 Å². The van der Waals surface area contributed by atoms with Gasteiger partial charge in [-0.05, 0) is 38.5 Å². The number of hydrazine groups is 1. The van der Waals surface area contributed by atoms with Crippen molar-refractivity contribution < 1.29 is 19.4 Å². The molecule has 0 unspecified atom stereocenters. The summed E-state index contributed by atoms with van der Waals surface area (Å²) < 4.78 is 5.10. The van der Waals surface area contributed by atoms with Crippen molar-refractivity contribution in [2.24, 2.45) is 0 Å². The number of carboxylic acid groups (broad SMARTS) is 1. The largest absolute Gasteiger partial charge is 0.481 e. The molecule has 0 spiro atoms. The highest BCUT2D eigenvalue weighted by Crippen LogP contribution is 2.28. The fraction of sp³-hybridized carbons (Fsp3) is 0.333. The number of ether oxygens (including phenoxy) is 1. The second kappa shape index (κ2) is 13.0. The summed E-state index contributed by atoms with van der Waals surface area (Å²) in [6.45, 7) is 6.33. The van der Waals surface area contributed by atoms with Gasteiger partial charge in [-0.1, -0.05) is 59.6 Å². The van der Waals surface area contributed by atoms with Crippen molar-refractivity contribution in [1.82, 2.24) is 10.7 Å². The predicted octanol–water partition coefficient (Wildman–Crippen LogP) is 4.75. The van der Waals surface area contributed by atoms with Crippen LogP contribution in [-0.2, 0) is 16.0 Å². The molecule has 0 aliphatic carbocycles. The van der Waals surface area contributed by atoms with Crippen molar-refractivity contribution in [1.29, 1.82) is 0 Å². The van der Waals surface area contributed by atoms with Gasteiger partial charge in [0.2, 0.25) is 0 Å². The zero-order valence-corrected chi connectivity index (χ0v) is 18.7. The SMILES string of the molecule is CC(C)(C)OC(=O)NCCNNc1c(Cl)cccc1Cl.O=C(O)Cc1ccccc1. The number of carbonyl (C=O) groups is 2. The summed E-state index contributed by atoms with van der Waals surface area (Å²) >= 11 is 12.0. The topological polar surface area (TPSA) is 99.7 Å². The van der Waals surface area contributed by atoms with E-state index in [-0.39, 0.29) is 6.42 Å². The van der Waals surface area contributed by atoms with Gasteiger partial charge < -0.3 is 20.6 Å². The lowest BCUT2D eigenvalue weighted by Gasteiger charge is -2.19. The highest BCUT2D eigenvalue weighted by atomic mass is 35.5. The number of nitrogens with one attached hydrogen (secondary N) is 3. The van der Waals surface area contributed by atoms with Gasteiger partial charge in [0.1, 0.15) is 5.60 Å². The van der Waals surface area contributed by atoms with Gasteiger partial charge in [-0.3, -0.25) is 4.79 Å². The van der Waals surface area contributed by atoms with Crippen LogP contribution in [0.15, 0.2) is 48.5 Å². The first-order valence-electron chi connectivity index (χ1n) is 9.24. The molecule has 0 heterocycles. The van der Waals surface area contributed by atoms with Crippen molar-refractivity contribution in [3.8, 4) is 0 Å². The van der Waals surface area contributed by atoms with Gasteiger partial charge in [-0.15, -0.1) is 0 Å². The first-order valence-corrected chi connectivity index (χ1v) is 9.99. The highest BCUT2D eigenvalue weighted by molar-refractivity contribution is 6.39. The summed E-state index contributed by atoms with van der Waals surface area (Å²) in [4.78, 5) is 21.5. The molecule has 0 fully saturated rings. The average Bonchev–Trinajstić information content (AvgIpc) is 2.63. The number of hydrogen-bond acceptors (Lipinski definition) is 5. The zero-order valence-electron chi connectivity index (χ0n) is 17.2. The monoisotopic (exact) mass is 455 g/mol. The van der Waals surface area contributed by atoms with E-state index in [0.717, 1.165) is 5.56 Å². The number of benzene rings is 2. The fourth-order valence-corrected chi connectivity index (χ4v) is 2.57. The third-order valence-electron chi connectivity index (χ3n) is 3.29. The number of alkyl carbamates (subject to hydrolysis) is 1. The minimum Gasteiger partial charge on any atom is -0.481 e. The van der Waals surface area contributed by atoms with Gasteiger partial charge in [0.05, 0.1) is 22.2 Å². The number of aliphatic carboxylic acids is 1. The Morgan fingerprint density at radius 2 is 1.57 bits per heavy atom. The first kappa shape index (κ1) is 25.6. The zero-order chi connectivity index (χ0) is 22.6. The quantitative estimate of drug-likeness (QED) is 0.355. The van der Waals surface area contributed by atoms with Gasteiger partial charge in [0.25, 0.3) is 0 Å². The van der Waals surface area contributed by atoms with Crippen molar-refractivity contribution in [3.63, 3.8) is 0 Å². The number of halogens is 2. The Balaban J connectivity index is 0.000000375. The van der Waals surface area contributed by atoms with E-state index < -0.39 is 17.7 Å². The standard InChI is InChI=1S/C13H19Cl2N3O2.C8H8O2/c1-13(2,3)20-12(19)16-7-8-17-18-11-9(14)5-4-6-10(11)15;9-8(10)6-7-4-2-1-3-5-7/h4-6,17-18H,7-8H2,1-3H3,(H,16,19);1-5H,6H2,(H,9,10). The Labute approximate surface area is 186 Å². The highest BCUT2D eigenvalue weighted by Gasteiger charge is 2.15. The molecule has 2 aromatic rings. The number of anilines is 1. The molecular weight excluding hydrogens is 429 g/mol. The van der Waals surface area contributed by atoms with Crippen LogP contribution in [0.1, 0.15) is 26.3 Å². The Hall–Kier alpha value is -2.48. The Morgan fingerprint density at radius 3 is 2.10 bits per heavy atom. The molecule has 30 heavy (non-hydrogen) atoms. The predicted molar refractivity (Wildman–Crippen MR) is 120 cm³/mol. The lowest BCUT2D eigenvalue weighted by Crippen LogP contribution is -2.37. The van der Waals surface area contributed by atoms with Crippen LogP contribution in [0.25, 0.3) is 0 Å². The van der Waals surface area contributed by atoms with E-state index in [9.17, 15) is 9.59 Å². The molecule has 0 aliphatic heterocycles. The van der Waals surface area contributed by atoms with Crippen LogP contribution in [0.3, 0.4) is 0 Å². The summed E-state index contributed by atoms with van der Waals surface area (Å²) in [7, 11) is 0. The third kappa shape index (κ3) is 11.5. The Kier molecular flexibility index (Phi) is 11.0. The number of carbonyl (C=O) groups excluding carboxylic acids is 1. The van der Waals surface area contributed by atoms with Gasteiger partial charge in [0.15, 0.2) is 0 Å². The molecule has 0 aromatic heterocycles. The molecule has 0 saturated heterocycles. The fourth-order valence-electron chi connectivity index (χ4n) is 2.08. The maximum atomic E-state index is 11.4. The second-order valence-corrected chi connectivity index (χ2v) is 7.95. The number of hydrogen-bond donors (Lipinski definition) is 4. The van der Waals surface area contributed by atoms with Crippen LogP contribution in [-0.4, -0.2) is 35.9 Å². The number of amides is 1. The maximum Gasteiger partial charge on any atom is 0.407 e. The molecule has 0 saturated carbocycles. The van der Waals surface area contributed by atoms with E-state index in [2.05, 4.69) is 16.2 Å². The second-order valence-electron chi connectivity index (χ2n) is 7.13. The molecule has 0 atom stereocenters. The number of para-hydroxylation sites is 1. The van der Waals surface area contributed by atoms with Crippen LogP contribution in [0.2, 0.25) is 10.0 Å². The molecule has 7 nitrogen and oxygen atoms in total. The van der Waals surface area contributed by atoms with Crippen molar-refractivity contribution in [3.05, 3.63) is 64.1 Å². The molecule has 0 bridgehead atoms. The van der Waals surface area contributed by atoms with Crippen LogP contribution in [0.4, 0.5) is 10.5 Å². The molecule has 2 aromatic carbocycles. The molecular formula is C21H27Cl2N3O4. The minimum absolute atomic E-state index is 0.112. The van der Waals surface area contributed by atoms with Gasteiger partial charge in [-0.2, -0.15) is 0 Å². The van der Waals surface area contributed by atoms with Crippen LogP contribution < -0.4 is 16.2 Å². The molecule has 0 aliphatic rings. The van der Waals surface area contributed by atoms with Gasteiger partial charge in [-0.25, -0.2) is 10.2 Å². The molecule has 9 heteroatoms. The van der Waals surface area contributed by atoms with Gasteiger partial charge >= 0.3 is 12.1 Å². The minimum atomic E-state index is -0.786. The van der Waals surface area contributed by atoms with E-state index >= 15 is 0 Å². The van der Waals surface area contributed by atoms with Crippen molar-refractivity contribution >= 4 is 41.0 Å². The number of rotatable bonds is 7. The Morgan fingerprint density at radius 1 is 0.967 bits per heavy atom. The summed E-state index contributed by atoms with van der Waals surface area (Å²) in [5.41, 5.74) is 6.76. The number of carboxylic acids is 1. The van der Waals surface area contributed by atoms with Gasteiger partial charge in [0, 0.05) is 13.1 Å². The summed E-state index contributed by atoms with van der Waals surface area (Å²) in [5.74, 6) is -0.786. The lowest BCUT2D eigenvalue weighted by atomic mass is 10.2. The molecule has 164 valence electrons. The van der Waals surface area contributed by atoms with E-state index in [0.29, 0.717) is 28.8 Å². The maximum absolute atomic E-state index is 11.4. The molecule has 1 amide bonds. The summed E-state index contributed by atoms with van der Waals surface area (Å²) in [5, 5.41) is 12.0. The van der Waals surface area contributed by atoms with E-state index in [4.69, 9.17) is 33.0 Å². The normalized spacial score (nSPS) is 10.4. The lowest BCUT2D eigenvalue weighted by molar-refractivity contribution is -0.136. The molecule has 2 rings (SSSR count). The first-order chi connectivity index (χ1) is 14.1. The summed E-state index contributed by atoms with van der Waals surface area (Å²) in [6.07, 6.45) is -0.337. The smallest absolute Gasteiger partial charge is 0.407 e. The van der Waals surface area contributed by atoms with E-state index in [1.54, 1.807) is 30.3 Å². The van der Waals surface area contributed by atoms with Crippen LogP contribution in [0.5, 0.6) is 0 Å². The van der Waals surface area contributed by atoms with Crippen LogP contribution in [0, 0.1) is 0 Å². The molecule has 0 radical (unpaired) electrons. The van der Waals surface area contributed by atoms with E-state index in [1.165, 1.54) is 0 Å². The third-order valence-corrected chi connectivity index (χ3v) is 3.92.